The van der Waals surface area contributed by atoms with Crippen LogP contribution in [0.25, 0.3) is 0 Å². The summed E-state index contributed by atoms with van der Waals surface area (Å²) >= 11 is -3.10. The summed E-state index contributed by atoms with van der Waals surface area (Å²) in [7, 11) is 0. The van der Waals surface area contributed by atoms with Crippen molar-refractivity contribution in [3.63, 3.8) is 0 Å². The second kappa shape index (κ2) is 5.28. The van der Waals surface area contributed by atoms with Gasteiger partial charge in [0.1, 0.15) is 0 Å². The summed E-state index contributed by atoms with van der Waals surface area (Å²) in [5.41, 5.74) is 6.55. The second-order valence-electron chi connectivity index (χ2n) is 2.89. The molecule has 0 bridgehead atoms. The van der Waals surface area contributed by atoms with Crippen molar-refractivity contribution in [2.24, 2.45) is 5.73 Å². The van der Waals surface area contributed by atoms with Gasteiger partial charge in [0.2, 0.25) is 0 Å². The molecule has 0 heterocycles. The number of aryl methyl sites for hydroxylation is 1. The fourth-order valence-electron chi connectivity index (χ4n) is 1.12. The summed E-state index contributed by atoms with van der Waals surface area (Å²) in [6, 6.07) is 7.25. The van der Waals surface area contributed by atoms with E-state index in [1.807, 2.05) is 12.1 Å². The number of hydrogen-bond acceptors (Lipinski definition) is 2. The minimum absolute atomic E-state index is 0.580. The predicted octanol–water partition coefficient (Wildman–Crippen LogP) is -0.572. The number of rotatable bonds is 4. The molecule has 0 aromatic heterocycles. The number of nitrogens with two attached hydrogens (primary N) is 1. The van der Waals surface area contributed by atoms with Crippen molar-refractivity contribution in [1.82, 2.24) is 0 Å². The van der Waals surface area contributed by atoms with Crippen molar-refractivity contribution in [3.8, 4) is 0 Å². The molecule has 1 atom stereocenters. The molecule has 0 spiro atoms. The van der Waals surface area contributed by atoms with E-state index in [2.05, 4.69) is 0 Å². The molecule has 0 fully saturated rings. The predicted molar refractivity (Wildman–Crippen MR) is 53.5 cm³/mol. The van der Waals surface area contributed by atoms with Gasteiger partial charge >= 0.3 is 82.1 Å². The van der Waals surface area contributed by atoms with Crippen LogP contribution in [-0.2, 0) is 10.2 Å². The van der Waals surface area contributed by atoms with Crippen molar-refractivity contribution >= 4 is 19.3 Å². The van der Waals surface area contributed by atoms with Crippen LogP contribution in [-0.4, -0.2) is 25.6 Å². The summed E-state index contributed by atoms with van der Waals surface area (Å²) in [5, 5.41) is 0. The monoisotopic (exact) mass is 243 g/mol. The normalized spacial score (nSPS) is 12.8. The van der Waals surface area contributed by atoms with Crippen LogP contribution >= 0.6 is 0 Å². The third kappa shape index (κ3) is 3.39. The van der Waals surface area contributed by atoms with E-state index in [4.69, 9.17) is 9.83 Å². The maximum absolute atomic E-state index is 10.8. The summed E-state index contributed by atoms with van der Waals surface area (Å²) in [6.07, 6.45) is 1.90. The zero-order valence-corrected chi connectivity index (χ0v) is 9.46. The topological polar surface area (TPSA) is 63.3 Å². The van der Waals surface area contributed by atoms with Gasteiger partial charge in [-0.05, 0) is 0 Å². The third-order valence-corrected chi connectivity index (χ3v) is 3.61. The van der Waals surface area contributed by atoms with Gasteiger partial charge in [-0.3, -0.25) is 0 Å². The first kappa shape index (κ1) is 10.6. The third-order valence-electron chi connectivity index (χ3n) is 1.87. The molecule has 3 nitrogen and oxygen atoms in total. The molecule has 1 aromatic rings. The van der Waals surface area contributed by atoms with Crippen molar-refractivity contribution in [2.75, 3.05) is 6.54 Å². The van der Waals surface area contributed by atoms with Crippen LogP contribution in [0.3, 0.4) is 0 Å². The molecule has 3 N–H and O–H groups in total. The fourth-order valence-corrected chi connectivity index (χ4v) is 2.07. The Hall–Kier alpha value is -0.502. The second-order valence-corrected chi connectivity index (χ2v) is 5.39. The number of benzene rings is 1. The van der Waals surface area contributed by atoms with Gasteiger partial charge in [0, 0.05) is 0 Å². The average molecular weight is 243 g/mol. The van der Waals surface area contributed by atoms with E-state index in [-0.39, 0.29) is 0 Å². The van der Waals surface area contributed by atoms with Crippen LogP contribution in [0.4, 0.5) is 0 Å². The molecule has 1 aromatic carbocycles. The molecule has 0 aliphatic rings. The van der Waals surface area contributed by atoms with Crippen LogP contribution in [0, 0.1) is 0 Å². The van der Waals surface area contributed by atoms with Gasteiger partial charge in [0.25, 0.3) is 0 Å². The Balaban J connectivity index is 2.64. The molecular formula is C9H14AsNO2. The van der Waals surface area contributed by atoms with Gasteiger partial charge in [-0.2, -0.15) is 0 Å². The molecule has 1 unspecified atom stereocenters. The molecule has 0 aliphatic carbocycles. The SMILES string of the molecule is NCCCc1ccc([AsH](=O)O)cc1. The summed E-state index contributed by atoms with van der Waals surface area (Å²) in [6.45, 7) is 0.683. The van der Waals surface area contributed by atoms with Crippen molar-refractivity contribution < 1.29 is 7.84 Å². The zero-order valence-electron chi connectivity index (χ0n) is 7.36. The first-order valence-electron chi connectivity index (χ1n) is 4.26. The van der Waals surface area contributed by atoms with Crippen LogP contribution in [0.5, 0.6) is 0 Å². The molecule has 0 amide bonds. The molecule has 0 saturated heterocycles. The molecule has 4 heteroatoms. The Labute approximate surface area is 82.4 Å². The average Bonchev–Trinajstić information content (AvgIpc) is 2.15. The van der Waals surface area contributed by atoms with Gasteiger partial charge in [-0.1, -0.05) is 0 Å². The van der Waals surface area contributed by atoms with Crippen molar-refractivity contribution in [1.29, 1.82) is 0 Å². The van der Waals surface area contributed by atoms with Gasteiger partial charge in [0.05, 0.1) is 0 Å². The number of hydrogen-bond donors (Lipinski definition) is 2. The van der Waals surface area contributed by atoms with Gasteiger partial charge < -0.3 is 0 Å². The molecule has 72 valence electrons. The molecule has 1 rings (SSSR count). The Morgan fingerprint density at radius 3 is 2.38 bits per heavy atom. The molecular weight excluding hydrogens is 229 g/mol. The van der Waals surface area contributed by atoms with Crippen LogP contribution in [0.1, 0.15) is 12.0 Å². The summed E-state index contributed by atoms with van der Waals surface area (Å²) < 4.78 is 20.2. The summed E-state index contributed by atoms with van der Waals surface area (Å²) in [5.74, 6) is 0. The van der Waals surface area contributed by atoms with E-state index in [0.717, 1.165) is 12.8 Å². The van der Waals surface area contributed by atoms with Crippen LogP contribution in [0.15, 0.2) is 24.3 Å². The van der Waals surface area contributed by atoms with Crippen molar-refractivity contribution in [2.45, 2.75) is 12.8 Å². The van der Waals surface area contributed by atoms with E-state index >= 15 is 0 Å². The van der Waals surface area contributed by atoms with Crippen LogP contribution < -0.4 is 10.1 Å². The standard InChI is InChI=1S/C9H14AsNO2/c11-7-1-2-8-3-5-9(6-4-8)10(12)13/h3-6,10H,1-2,7,11H2,(H,12,13). The molecule has 0 radical (unpaired) electrons. The van der Waals surface area contributed by atoms with E-state index < -0.39 is 14.9 Å². The first-order valence-corrected chi connectivity index (χ1v) is 7.10. The maximum atomic E-state index is 10.8. The van der Waals surface area contributed by atoms with Gasteiger partial charge in [-0.25, -0.2) is 0 Å². The molecule has 0 aliphatic heterocycles. The van der Waals surface area contributed by atoms with E-state index in [1.165, 1.54) is 5.56 Å². The van der Waals surface area contributed by atoms with E-state index in [1.54, 1.807) is 12.1 Å². The minimum atomic E-state index is -3.10. The Morgan fingerprint density at radius 2 is 1.92 bits per heavy atom. The quantitative estimate of drug-likeness (QED) is 0.696. The Morgan fingerprint density at radius 1 is 1.31 bits per heavy atom. The Bertz CT molecular complexity index is 284. The zero-order chi connectivity index (χ0) is 9.68. The molecule has 0 saturated carbocycles. The Kier molecular flexibility index (Phi) is 4.29. The van der Waals surface area contributed by atoms with Crippen molar-refractivity contribution in [3.05, 3.63) is 29.8 Å². The van der Waals surface area contributed by atoms with Gasteiger partial charge in [-0.15, -0.1) is 0 Å². The molecule has 13 heavy (non-hydrogen) atoms. The summed E-state index contributed by atoms with van der Waals surface area (Å²) in [4.78, 5) is 0. The first-order chi connectivity index (χ1) is 6.24. The van der Waals surface area contributed by atoms with Crippen LogP contribution in [0.2, 0.25) is 0 Å². The van der Waals surface area contributed by atoms with Gasteiger partial charge in [0.15, 0.2) is 0 Å². The van der Waals surface area contributed by atoms with E-state index in [9.17, 15) is 3.74 Å². The fraction of sp³-hybridized carbons (Fsp3) is 0.333. The van der Waals surface area contributed by atoms with E-state index in [0.29, 0.717) is 10.9 Å².